The molecule has 0 atom stereocenters. The third-order valence-electron chi connectivity index (χ3n) is 1.72. The average molecular weight is 360 g/mol. The molecule has 0 radical (unpaired) electrons. The van der Waals surface area contributed by atoms with E-state index in [1.54, 1.807) is 0 Å². The largest absolute Gasteiger partial charge is 1.00 e. The van der Waals surface area contributed by atoms with E-state index in [2.05, 4.69) is 0 Å². The fraction of sp³-hybridized carbons (Fsp3) is 0. The second-order valence-electron chi connectivity index (χ2n) is 2.74. The predicted octanol–water partition coefficient (Wildman–Crippen LogP) is -11.7. The smallest absolute Gasteiger partial charge is 0.744 e. The zero-order valence-electron chi connectivity index (χ0n) is 10.5. The minimum atomic E-state index is -4.86. The van der Waals surface area contributed by atoms with Gasteiger partial charge < -0.3 is 24.4 Å². The van der Waals surface area contributed by atoms with Crippen molar-refractivity contribution in [2.24, 2.45) is 0 Å². The van der Waals surface area contributed by atoms with Crippen molar-refractivity contribution < 1.29 is 187 Å². The Morgan fingerprint density at radius 1 is 0.895 bits per heavy atom. The van der Waals surface area contributed by atoms with Gasteiger partial charge in [0.15, 0.2) is 0 Å². The molecular weight excluding hydrogens is 357 g/mol. The van der Waals surface area contributed by atoms with Gasteiger partial charge in [-0.05, 0) is 12.1 Å². The van der Waals surface area contributed by atoms with Crippen LogP contribution in [-0.2, 0) is 10.1 Å². The van der Waals surface area contributed by atoms with Gasteiger partial charge in [0.05, 0.1) is 16.8 Å². The molecule has 0 fully saturated rings. The molecule has 0 aliphatic heterocycles. The Bertz CT molecular complexity index is 570. The standard InChI is InChI=1S/C8H6O7S.3K/c9-7(10)5-2-1-4(16(13,14)15)3-6(5)8(11)12;;;/h1-3H,(H,9,10)(H,11,12)(H,13,14,15);;;/q;3*+1/p-3. The number of hydrogen-bond acceptors (Lipinski definition) is 7. The third kappa shape index (κ3) is 8.41. The van der Waals surface area contributed by atoms with Crippen LogP contribution in [0.4, 0.5) is 0 Å². The van der Waals surface area contributed by atoms with E-state index < -0.39 is 38.1 Å². The molecule has 7 nitrogen and oxygen atoms in total. The Hall–Kier alpha value is 2.98. The van der Waals surface area contributed by atoms with E-state index in [1.165, 1.54) is 0 Å². The molecule has 1 aromatic rings. The summed E-state index contributed by atoms with van der Waals surface area (Å²) in [4.78, 5) is 20.1. The first kappa shape index (κ1) is 26.9. The molecule has 0 aliphatic carbocycles. The van der Waals surface area contributed by atoms with E-state index in [1.807, 2.05) is 0 Å². The molecule has 19 heavy (non-hydrogen) atoms. The first-order valence-electron chi connectivity index (χ1n) is 3.76. The summed E-state index contributed by atoms with van der Waals surface area (Å²) in [5, 5.41) is 21.0. The molecule has 11 heteroatoms. The number of aromatic carboxylic acids is 2. The number of rotatable bonds is 3. The third-order valence-corrected chi connectivity index (χ3v) is 2.55. The summed E-state index contributed by atoms with van der Waals surface area (Å²) in [6.45, 7) is 0. The first-order chi connectivity index (χ1) is 7.23. The summed E-state index contributed by atoms with van der Waals surface area (Å²) in [5.74, 6) is -3.72. The van der Waals surface area contributed by atoms with Crippen LogP contribution in [0.1, 0.15) is 20.7 Å². The second kappa shape index (κ2) is 11.5. The van der Waals surface area contributed by atoms with Crippen molar-refractivity contribution in [2.75, 3.05) is 0 Å². The van der Waals surface area contributed by atoms with Gasteiger partial charge in [-0.3, -0.25) is 0 Å². The zero-order chi connectivity index (χ0) is 12.5. The van der Waals surface area contributed by atoms with Gasteiger partial charge in [0.2, 0.25) is 0 Å². The van der Waals surface area contributed by atoms with Crippen LogP contribution in [0.2, 0.25) is 0 Å². The monoisotopic (exact) mass is 360 g/mol. The predicted molar refractivity (Wildman–Crippen MR) is 43.1 cm³/mol. The molecule has 1 aromatic carbocycles. The quantitative estimate of drug-likeness (QED) is 0.385. The zero-order valence-corrected chi connectivity index (χ0v) is 20.7. The van der Waals surface area contributed by atoms with Crippen molar-refractivity contribution in [1.82, 2.24) is 0 Å². The van der Waals surface area contributed by atoms with Gasteiger partial charge in [0.1, 0.15) is 10.1 Å². The van der Waals surface area contributed by atoms with Gasteiger partial charge in [0.25, 0.3) is 0 Å². The summed E-state index contributed by atoms with van der Waals surface area (Å²) in [6, 6.07) is 1.76. The van der Waals surface area contributed by atoms with E-state index in [0.29, 0.717) is 18.2 Å². The molecule has 0 saturated heterocycles. The summed E-state index contributed by atoms with van der Waals surface area (Å²) >= 11 is 0. The van der Waals surface area contributed by atoms with Crippen LogP contribution in [0.25, 0.3) is 0 Å². The molecule has 0 N–H and O–H groups in total. The maximum Gasteiger partial charge on any atom is 1.00 e. The van der Waals surface area contributed by atoms with Crippen molar-refractivity contribution in [3.05, 3.63) is 29.3 Å². The van der Waals surface area contributed by atoms with Crippen LogP contribution in [0.15, 0.2) is 23.1 Å². The molecule has 0 aromatic heterocycles. The molecule has 0 heterocycles. The van der Waals surface area contributed by atoms with Gasteiger partial charge >= 0.3 is 154 Å². The van der Waals surface area contributed by atoms with Crippen LogP contribution >= 0.6 is 0 Å². The van der Waals surface area contributed by atoms with E-state index in [0.717, 1.165) is 0 Å². The maximum atomic E-state index is 10.6. The number of carboxylic acids is 2. The van der Waals surface area contributed by atoms with Gasteiger partial charge in [-0.15, -0.1) is 0 Å². The number of carbonyl (C=O) groups excluding carboxylic acids is 2. The summed E-state index contributed by atoms with van der Waals surface area (Å²) in [6.07, 6.45) is 0. The molecule has 1 rings (SSSR count). The van der Waals surface area contributed by atoms with Crippen LogP contribution in [0.5, 0.6) is 0 Å². The van der Waals surface area contributed by atoms with Gasteiger partial charge in [-0.2, -0.15) is 0 Å². The van der Waals surface area contributed by atoms with Crippen molar-refractivity contribution in [2.45, 2.75) is 4.90 Å². The van der Waals surface area contributed by atoms with Gasteiger partial charge in [-0.1, -0.05) is 6.07 Å². The molecule has 0 aliphatic rings. The fourth-order valence-corrected chi connectivity index (χ4v) is 1.52. The van der Waals surface area contributed by atoms with Crippen molar-refractivity contribution in [3.8, 4) is 0 Å². The Labute approximate surface area is 236 Å². The molecule has 0 saturated carbocycles. The Kier molecular flexibility index (Phi) is 16.3. The normalized spacial score (nSPS) is 9.32. The van der Waals surface area contributed by atoms with Crippen LogP contribution in [0, 0.1) is 0 Å². The van der Waals surface area contributed by atoms with Crippen molar-refractivity contribution in [1.29, 1.82) is 0 Å². The minimum Gasteiger partial charge on any atom is -0.744 e. The van der Waals surface area contributed by atoms with Crippen molar-refractivity contribution in [3.63, 3.8) is 0 Å². The fourth-order valence-electron chi connectivity index (χ4n) is 1.03. The minimum absolute atomic E-state index is 0. The molecule has 0 spiro atoms. The van der Waals surface area contributed by atoms with Gasteiger partial charge in [-0.25, -0.2) is 8.42 Å². The Morgan fingerprint density at radius 3 is 1.63 bits per heavy atom. The van der Waals surface area contributed by atoms with Crippen LogP contribution in [-0.4, -0.2) is 24.9 Å². The van der Waals surface area contributed by atoms with Gasteiger partial charge in [0, 0.05) is 11.1 Å². The number of carboxylic acid groups (broad SMARTS) is 2. The Balaban J connectivity index is -0.000000853. The van der Waals surface area contributed by atoms with E-state index in [-0.39, 0.29) is 154 Å². The molecule has 0 amide bonds. The molecule has 0 unspecified atom stereocenters. The van der Waals surface area contributed by atoms with E-state index in [4.69, 9.17) is 0 Å². The van der Waals surface area contributed by atoms with Crippen LogP contribution in [0.3, 0.4) is 0 Å². The number of benzene rings is 1. The summed E-state index contributed by atoms with van der Waals surface area (Å²) in [5.41, 5.74) is -1.68. The van der Waals surface area contributed by atoms with Crippen LogP contribution < -0.4 is 164 Å². The van der Waals surface area contributed by atoms with E-state index >= 15 is 0 Å². The molecule has 0 bridgehead atoms. The molecule has 86 valence electrons. The Morgan fingerprint density at radius 2 is 1.32 bits per heavy atom. The maximum absolute atomic E-state index is 10.6. The molecular formula is C8H3K3O7S. The number of carbonyl (C=O) groups is 2. The van der Waals surface area contributed by atoms with Crippen molar-refractivity contribution >= 4 is 22.1 Å². The second-order valence-corrected chi connectivity index (χ2v) is 4.12. The average Bonchev–Trinajstić information content (AvgIpc) is 2.15. The van der Waals surface area contributed by atoms with E-state index in [9.17, 15) is 32.8 Å². The SMILES string of the molecule is O=C([O-])c1ccc(S(=O)(=O)[O-])cc1C(=O)[O-].[K+].[K+].[K+]. The topological polar surface area (TPSA) is 137 Å². The first-order valence-corrected chi connectivity index (χ1v) is 5.17. The number of hydrogen-bond donors (Lipinski definition) is 0. The summed E-state index contributed by atoms with van der Waals surface area (Å²) < 4.78 is 31.7. The summed E-state index contributed by atoms with van der Waals surface area (Å²) in [7, 11) is -4.86.